The summed E-state index contributed by atoms with van der Waals surface area (Å²) in [5.41, 5.74) is 7.51. The van der Waals surface area contributed by atoms with Crippen LogP contribution in [-0.2, 0) is 10.8 Å². The predicted octanol–water partition coefficient (Wildman–Crippen LogP) is 7.50. The van der Waals surface area contributed by atoms with Gasteiger partial charge in [0.1, 0.15) is 17.5 Å². The first-order valence-corrected chi connectivity index (χ1v) is 13.1. The Morgan fingerprint density at radius 3 is 1.36 bits per heavy atom. The van der Waals surface area contributed by atoms with Crippen LogP contribution in [-0.4, -0.2) is 33.5 Å². The van der Waals surface area contributed by atoms with Crippen molar-refractivity contribution in [3.05, 3.63) is 111 Å². The second kappa shape index (κ2) is 15.0. The molecule has 2 aromatic carbocycles. The van der Waals surface area contributed by atoms with Crippen molar-refractivity contribution in [2.24, 2.45) is 5.73 Å². The summed E-state index contributed by atoms with van der Waals surface area (Å²) < 4.78 is 25.5. The van der Waals surface area contributed by atoms with Gasteiger partial charge >= 0.3 is 0 Å². The molecule has 39 heavy (non-hydrogen) atoms. The Morgan fingerprint density at radius 2 is 1.00 bits per heavy atom. The molecule has 0 aliphatic rings. The Balaban J connectivity index is 0.000000227. The van der Waals surface area contributed by atoms with Gasteiger partial charge in [-0.1, -0.05) is 86.8 Å². The Bertz CT molecular complexity index is 1250. The molecule has 11 heteroatoms. The Kier molecular flexibility index (Phi) is 12.4. The highest BCUT2D eigenvalue weighted by Gasteiger charge is 2.20. The second-order valence-electron chi connectivity index (χ2n) is 9.76. The molecular formula is C28H31Cl3F2N6. The van der Waals surface area contributed by atoms with Gasteiger partial charge in [0.25, 0.3) is 0 Å². The van der Waals surface area contributed by atoms with E-state index in [1.54, 1.807) is 48.5 Å². The molecule has 0 aliphatic carbocycles. The SMILES string of the molecule is CC(C)(CN)c1ccc(F)cc1.CC(C)(CNc1ccc(Cl)nn1)c1ccc(F)cc1.Clc1ccc(Cl)nn1. The van der Waals surface area contributed by atoms with Gasteiger partial charge < -0.3 is 11.1 Å². The van der Waals surface area contributed by atoms with E-state index in [1.165, 1.54) is 24.3 Å². The number of rotatable bonds is 6. The van der Waals surface area contributed by atoms with Crippen LogP contribution in [0.15, 0.2) is 72.8 Å². The van der Waals surface area contributed by atoms with Crippen LogP contribution in [0.4, 0.5) is 14.6 Å². The number of nitrogens with two attached hydrogens (primary N) is 1. The fourth-order valence-electron chi connectivity index (χ4n) is 3.04. The summed E-state index contributed by atoms with van der Waals surface area (Å²) in [6.45, 7) is 9.47. The number of nitrogens with one attached hydrogen (secondary N) is 1. The number of halogens is 5. The maximum absolute atomic E-state index is 12.9. The van der Waals surface area contributed by atoms with E-state index in [0.29, 0.717) is 34.4 Å². The van der Waals surface area contributed by atoms with Crippen molar-refractivity contribution >= 4 is 40.6 Å². The smallest absolute Gasteiger partial charge is 0.151 e. The van der Waals surface area contributed by atoms with Gasteiger partial charge in [-0.05, 0) is 59.7 Å². The lowest BCUT2D eigenvalue weighted by Crippen LogP contribution is -2.28. The minimum Gasteiger partial charge on any atom is -0.368 e. The molecule has 0 radical (unpaired) electrons. The van der Waals surface area contributed by atoms with E-state index < -0.39 is 0 Å². The van der Waals surface area contributed by atoms with Gasteiger partial charge in [-0.2, -0.15) is 0 Å². The van der Waals surface area contributed by atoms with Crippen LogP contribution in [0, 0.1) is 11.6 Å². The monoisotopic (exact) mass is 594 g/mol. The quantitative estimate of drug-likeness (QED) is 0.240. The third-order valence-electron chi connectivity index (χ3n) is 5.70. The average Bonchev–Trinajstić information content (AvgIpc) is 2.91. The van der Waals surface area contributed by atoms with Crippen LogP contribution < -0.4 is 11.1 Å². The van der Waals surface area contributed by atoms with Gasteiger partial charge in [0, 0.05) is 23.9 Å². The van der Waals surface area contributed by atoms with Gasteiger partial charge in [0.2, 0.25) is 0 Å². The first-order chi connectivity index (χ1) is 18.3. The van der Waals surface area contributed by atoms with E-state index in [9.17, 15) is 8.78 Å². The first-order valence-electron chi connectivity index (χ1n) is 11.9. The van der Waals surface area contributed by atoms with Crippen LogP contribution in [0.1, 0.15) is 38.8 Å². The van der Waals surface area contributed by atoms with Gasteiger partial charge in [0.15, 0.2) is 15.5 Å². The first kappa shape index (κ1) is 32.3. The van der Waals surface area contributed by atoms with E-state index in [-0.39, 0.29) is 22.5 Å². The highest BCUT2D eigenvalue weighted by Crippen LogP contribution is 2.24. The molecule has 2 heterocycles. The highest BCUT2D eigenvalue weighted by molar-refractivity contribution is 6.31. The molecule has 0 saturated heterocycles. The second-order valence-corrected chi connectivity index (χ2v) is 10.9. The van der Waals surface area contributed by atoms with E-state index in [0.717, 1.165) is 11.1 Å². The molecule has 0 unspecified atom stereocenters. The largest absolute Gasteiger partial charge is 0.368 e. The zero-order valence-corrected chi connectivity index (χ0v) is 24.4. The Labute approximate surface area is 242 Å². The van der Waals surface area contributed by atoms with Crippen LogP contribution in [0.2, 0.25) is 15.5 Å². The van der Waals surface area contributed by atoms with Crippen LogP contribution in [0.5, 0.6) is 0 Å². The number of hydrogen-bond donors (Lipinski definition) is 2. The molecule has 3 N–H and O–H groups in total. The number of benzene rings is 2. The third kappa shape index (κ3) is 11.4. The highest BCUT2D eigenvalue weighted by atomic mass is 35.5. The van der Waals surface area contributed by atoms with Crippen molar-refractivity contribution in [2.45, 2.75) is 38.5 Å². The van der Waals surface area contributed by atoms with Crippen LogP contribution >= 0.6 is 34.8 Å². The predicted molar refractivity (Wildman–Crippen MR) is 155 cm³/mol. The van der Waals surface area contributed by atoms with Gasteiger partial charge in [-0.25, -0.2) is 8.78 Å². The van der Waals surface area contributed by atoms with E-state index in [1.807, 2.05) is 13.8 Å². The molecule has 4 aromatic rings. The fraction of sp³-hybridized carbons (Fsp3) is 0.286. The lowest BCUT2D eigenvalue weighted by atomic mass is 9.84. The molecule has 2 aromatic heterocycles. The molecule has 0 bridgehead atoms. The lowest BCUT2D eigenvalue weighted by molar-refractivity contribution is 0.536. The topological polar surface area (TPSA) is 89.6 Å². The maximum Gasteiger partial charge on any atom is 0.151 e. The standard InChI is InChI=1S/C14H15ClFN3.C10H14FN.C4H2Cl2N2/c1-14(2,10-3-5-11(16)6-4-10)9-17-13-8-7-12(15)18-19-13;1-10(2,7-12)8-3-5-9(11)6-4-8;5-3-1-2-4(6)8-7-3/h3-8H,9H2,1-2H3,(H,17,19);3-6H,7,12H2,1-2H3;1-2H. The summed E-state index contributed by atoms with van der Waals surface area (Å²) >= 11 is 16.4. The zero-order valence-electron chi connectivity index (χ0n) is 22.1. The molecule has 0 atom stereocenters. The van der Waals surface area contributed by atoms with Crippen molar-refractivity contribution < 1.29 is 8.78 Å². The van der Waals surface area contributed by atoms with Gasteiger partial charge in [0.05, 0.1) is 0 Å². The summed E-state index contributed by atoms with van der Waals surface area (Å²) in [5, 5.41) is 18.9. The number of nitrogens with zero attached hydrogens (tertiary/aromatic N) is 4. The summed E-state index contributed by atoms with van der Waals surface area (Å²) in [7, 11) is 0. The molecule has 0 spiro atoms. The Hall–Kier alpha value is -2.91. The molecule has 0 amide bonds. The summed E-state index contributed by atoms with van der Waals surface area (Å²) in [5.74, 6) is 0.238. The minimum atomic E-state index is -0.226. The summed E-state index contributed by atoms with van der Waals surface area (Å²) in [4.78, 5) is 0. The molecular weight excluding hydrogens is 565 g/mol. The molecule has 0 fully saturated rings. The lowest BCUT2D eigenvalue weighted by Gasteiger charge is -2.25. The maximum atomic E-state index is 12.9. The van der Waals surface area contributed by atoms with E-state index in [2.05, 4.69) is 39.6 Å². The molecule has 208 valence electrons. The number of anilines is 1. The summed E-state index contributed by atoms with van der Waals surface area (Å²) in [6.07, 6.45) is 0. The third-order valence-corrected chi connectivity index (χ3v) is 6.31. The van der Waals surface area contributed by atoms with E-state index in [4.69, 9.17) is 40.5 Å². The van der Waals surface area contributed by atoms with Crippen molar-refractivity contribution in [1.29, 1.82) is 0 Å². The van der Waals surface area contributed by atoms with Gasteiger partial charge in [-0.3, -0.25) is 0 Å². The van der Waals surface area contributed by atoms with Crippen molar-refractivity contribution in [2.75, 3.05) is 18.4 Å². The molecule has 6 nitrogen and oxygen atoms in total. The fourth-order valence-corrected chi connectivity index (χ4v) is 3.35. The number of aromatic nitrogens is 4. The summed E-state index contributed by atoms with van der Waals surface area (Å²) in [6, 6.07) is 19.6. The van der Waals surface area contributed by atoms with Crippen LogP contribution in [0.25, 0.3) is 0 Å². The zero-order chi connectivity index (χ0) is 29.1. The van der Waals surface area contributed by atoms with Crippen LogP contribution in [0.3, 0.4) is 0 Å². The van der Waals surface area contributed by atoms with E-state index >= 15 is 0 Å². The van der Waals surface area contributed by atoms with Crippen molar-refractivity contribution in [1.82, 2.24) is 20.4 Å². The number of hydrogen-bond acceptors (Lipinski definition) is 6. The minimum absolute atomic E-state index is 0.0618. The molecule has 4 rings (SSSR count). The average molecular weight is 596 g/mol. The van der Waals surface area contributed by atoms with Crippen molar-refractivity contribution in [3.63, 3.8) is 0 Å². The normalized spacial score (nSPS) is 11.0. The van der Waals surface area contributed by atoms with Crippen molar-refractivity contribution in [3.8, 4) is 0 Å². The van der Waals surface area contributed by atoms with Gasteiger partial charge in [-0.15, -0.1) is 20.4 Å². The molecule has 0 aliphatic heterocycles. The molecule has 0 saturated carbocycles. The Morgan fingerprint density at radius 1 is 0.615 bits per heavy atom.